The number of piperidine rings is 1. The molecule has 1 spiro atoms. The summed E-state index contributed by atoms with van der Waals surface area (Å²) < 4.78 is 1.48. The minimum Gasteiger partial charge on any atom is -0.388 e. The number of amides is 2. The number of aromatic nitrogens is 5. The van der Waals surface area contributed by atoms with Crippen molar-refractivity contribution in [2.45, 2.75) is 37.8 Å². The molecule has 1 atom stereocenters. The van der Waals surface area contributed by atoms with Gasteiger partial charge in [-0.3, -0.25) is 0 Å². The maximum absolute atomic E-state index is 12.7. The molecule has 0 unspecified atom stereocenters. The van der Waals surface area contributed by atoms with Crippen molar-refractivity contribution in [3.63, 3.8) is 0 Å². The molecular weight excluding hydrogens is 486 g/mol. The summed E-state index contributed by atoms with van der Waals surface area (Å²) in [6, 6.07) is 6.21. The van der Waals surface area contributed by atoms with E-state index in [1.807, 2.05) is 11.1 Å². The second-order valence-corrected chi connectivity index (χ2v) is 9.10. The van der Waals surface area contributed by atoms with Crippen LogP contribution in [0.1, 0.15) is 43.6 Å². The van der Waals surface area contributed by atoms with Crippen LogP contribution in [0.4, 0.5) is 10.5 Å². The summed E-state index contributed by atoms with van der Waals surface area (Å²) >= 11 is 6.50. The Morgan fingerprint density at radius 1 is 1.22 bits per heavy atom. The van der Waals surface area contributed by atoms with Gasteiger partial charge in [-0.25, -0.2) is 19.7 Å². The van der Waals surface area contributed by atoms with Gasteiger partial charge in [0.25, 0.3) is 5.95 Å². The van der Waals surface area contributed by atoms with Gasteiger partial charge in [-0.1, -0.05) is 22.8 Å². The van der Waals surface area contributed by atoms with E-state index >= 15 is 0 Å². The number of anilines is 1. The van der Waals surface area contributed by atoms with Gasteiger partial charge in [-0.2, -0.15) is 14.8 Å². The third kappa shape index (κ3) is 5.01. The largest absolute Gasteiger partial charge is 0.388 e. The molecule has 1 fully saturated rings. The Morgan fingerprint density at radius 2 is 2.00 bits per heavy atom. The molecule has 0 bridgehead atoms. The van der Waals surface area contributed by atoms with Crippen molar-refractivity contribution in [3.8, 4) is 5.95 Å². The number of urea groups is 1. The van der Waals surface area contributed by atoms with Gasteiger partial charge in [0.15, 0.2) is 5.82 Å². The van der Waals surface area contributed by atoms with Gasteiger partial charge in [0, 0.05) is 50.3 Å². The molecule has 3 aromatic rings. The molecule has 0 radical (unpaired) electrons. The van der Waals surface area contributed by atoms with E-state index in [2.05, 4.69) is 35.8 Å². The standard InChI is InChI=1S/C23H26ClN9O3/c1-15(20-27-14-28-33(20)21-25-8-3-9-26-21)29-22(34)30-18-5-4-16(12-17(18)24)19-13-23(36-31-19)6-10-32(35-2)11-7-23/h3-5,8-9,12,14-15H,6-7,10-11,13H2,1-2H3,(H2,29,30,34)/t15-/m0/s1. The predicted octanol–water partition coefficient (Wildman–Crippen LogP) is 3.11. The van der Waals surface area contributed by atoms with Crippen molar-refractivity contribution in [2.24, 2.45) is 5.16 Å². The van der Waals surface area contributed by atoms with Crippen LogP contribution in [0.15, 0.2) is 48.1 Å². The molecule has 13 heteroatoms. The van der Waals surface area contributed by atoms with Crippen molar-refractivity contribution in [1.29, 1.82) is 0 Å². The smallest absolute Gasteiger partial charge is 0.319 e. The molecule has 2 amide bonds. The maximum Gasteiger partial charge on any atom is 0.319 e. The highest BCUT2D eigenvalue weighted by molar-refractivity contribution is 6.34. The van der Waals surface area contributed by atoms with Crippen LogP contribution < -0.4 is 10.6 Å². The molecular formula is C23H26ClN9O3. The lowest BCUT2D eigenvalue weighted by Gasteiger charge is -2.35. The summed E-state index contributed by atoms with van der Waals surface area (Å²) in [4.78, 5) is 36.4. The first-order chi connectivity index (χ1) is 17.5. The van der Waals surface area contributed by atoms with Crippen molar-refractivity contribution in [1.82, 2.24) is 35.1 Å². The lowest BCUT2D eigenvalue weighted by atomic mass is 9.86. The molecule has 2 aliphatic rings. The van der Waals surface area contributed by atoms with E-state index in [0.717, 1.165) is 37.2 Å². The normalized spacial score (nSPS) is 17.9. The Kier molecular flexibility index (Phi) is 6.81. The molecule has 5 rings (SSSR count). The fraction of sp³-hybridized carbons (Fsp3) is 0.391. The van der Waals surface area contributed by atoms with Crippen molar-refractivity contribution >= 4 is 29.0 Å². The molecule has 4 heterocycles. The number of nitrogens with one attached hydrogen (secondary N) is 2. The van der Waals surface area contributed by atoms with E-state index < -0.39 is 12.1 Å². The average Bonchev–Trinajstić information content (AvgIpc) is 3.54. The van der Waals surface area contributed by atoms with E-state index in [9.17, 15) is 4.79 Å². The van der Waals surface area contributed by atoms with Gasteiger partial charge in [0.1, 0.15) is 11.9 Å². The molecule has 2 aliphatic heterocycles. The third-order valence-corrected chi connectivity index (χ3v) is 6.64. The maximum atomic E-state index is 12.7. The van der Waals surface area contributed by atoms with Crippen molar-refractivity contribution in [2.75, 3.05) is 25.5 Å². The monoisotopic (exact) mass is 511 g/mol. The van der Waals surface area contributed by atoms with Crippen molar-refractivity contribution in [3.05, 3.63) is 59.4 Å². The Hall–Kier alpha value is -3.61. The van der Waals surface area contributed by atoms with Crippen LogP contribution in [0.25, 0.3) is 5.95 Å². The van der Waals surface area contributed by atoms with Crippen LogP contribution in [0.2, 0.25) is 5.02 Å². The number of carbonyl (C=O) groups excluding carboxylic acids is 1. The van der Waals surface area contributed by atoms with Gasteiger partial charge < -0.3 is 20.3 Å². The second kappa shape index (κ2) is 10.2. The summed E-state index contributed by atoms with van der Waals surface area (Å²) in [6.07, 6.45) is 6.98. The minimum atomic E-state index is -0.472. The summed E-state index contributed by atoms with van der Waals surface area (Å²) in [6.45, 7) is 3.38. The molecule has 1 aromatic carbocycles. The molecule has 1 saturated heterocycles. The summed E-state index contributed by atoms with van der Waals surface area (Å²) in [5, 5.41) is 16.4. The zero-order valence-electron chi connectivity index (χ0n) is 19.9. The Morgan fingerprint density at radius 3 is 2.72 bits per heavy atom. The molecule has 2 N–H and O–H groups in total. The van der Waals surface area contributed by atoms with E-state index in [-0.39, 0.29) is 5.60 Å². The SMILES string of the molecule is CON1CCC2(CC1)CC(c1ccc(NC(=O)N[C@@H](C)c3ncnn3-c3ncccn3)c(Cl)c1)=NO2. The number of nitrogens with zero attached hydrogens (tertiary/aromatic N) is 7. The van der Waals surface area contributed by atoms with E-state index in [4.69, 9.17) is 21.3 Å². The third-order valence-electron chi connectivity index (χ3n) is 6.33. The lowest BCUT2D eigenvalue weighted by molar-refractivity contribution is -0.179. The van der Waals surface area contributed by atoms with E-state index in [0.29, 0.717) is 28.9 Å². The highest BCUT2D eigenvalue weighted by Crippen LogP contribution is 2.37. The van der Waals surface area contributed by atoms with Crippen molar-refractivity contribution < 1.29 is 14.5 Å². The first-order valence-electron chi connectivity index (χ1n) is 11.6. The molecule has 0 saturated carbocycles. The Labute approximate surface area is 212 Å². The molecule has 0 aliphatic carbocycles. The van der Waals surface area contributed by atoms with Crippen LogP contribution in [0, 0.1) is 0 Å². The number of benzene rings is 1. The Bertz CT molecular complexity index is 1260. The topological polar surface area (TPSA) is 132 Å². The van der Waals surface area contributed by atoms with Gasteiger partial charge in [0.2, 0.25) is 0 Å². The van der Waals surface area contributed by atoms with Gasteiger partial charge >= 0.3 is 6.03 Å². The predicted molar refractivity (Wildman–Crippen MR) is 132 cm³/mol. The van der Waals surface area contributed by atoms with Gasteiger partial charge in [-0.05, 0) is 25.1 Å². The second-order valence-electron chi connectivity index (χ2n) is 8.69. The Balaban J connectivity index is 1.20. The number of carbonyl (C=O) groups is 1. The summed E-state index contributed by atoms with van der Waals surface area (Å²) in [5.74, 6) is 0.852. The van der Waals surface area contributed by atoms with Crippen LogP contribution in [0.5, 0.6) is 0 Å². The quantitative estimate of drug-likeness (QED) is 0.516. The van der Waals surface area contributed by atoms with Crippen LogP contribution >= 0.6 is 11.6 Å². The summed E-state index contributed by atoms with van der Waals surface area (Å²) in [5.41, 5.74) is 1.88. The first-order valence-corrected chi connectivity index (χ1v) is 11.9. The first kappa shape index (κ1) is 24.1. The molecule has 12 nitrogen and oxygen atoms in total. The fourth-order valence-corrected chi connectivity index (χ4v) is 4.56. The molecule has 36 heavy (non-hydrogen) atoms. The van der Waals surface area contributed by atoms with E-state index in [1.54, 1.807) is 44.6 Å². The van der Waals surface area contributed by atoms with Crippen LogP contribution in [-0.2, 0) is 9.68 Å². The average molecular weight is 512 g/mol. The van der Waals surface area contributed by atoms with Gasteiger partial charge in [0.05, 0.1) is 29.6 Å². The highest BCUT2D eigenvalue weighted by atomic mass is 35.5. The molecule has 188 valence electrons. The van der Waals surface area contributed by atoms with Crippen LogP contribution in [0.3, 0.4) is 0 Å². The number of rotatable bonds is 6. The number of hydrogen-bond acceptors (Lipinski definition) is 9. The molecule has 2 aromatic heterocycles. The number of hydroxylamine groups is 2. The zero-order chi connectivity index (χ0) is 25.1. The lowest BCUT2D eigenvalue weighted by Crippen LogP contribution is -2.44. The number of oxime groups is 1. The minimum absolute atomic E-state index is 0.296. The number of hydrogen-bond donors (Lipinski definition) is 2. The fourth-order valence-electron chi connectivity index (χ4n) is 4.34. The van der Waals surface area contributed by atoms with Crippen LogP contribution in [-0.4, -0.2) is 67.3 Å². The summed E-state index contributed by atoms with van der Waals surface area (Å²) in [7, 11) is 1.68. The van der Waals surface area contributed by atoms with E-state index in [1.165, 1.54) is 11.0 Å². The van der Waals surface area contributed by atoms with Gasteiger partial charge in [-0.15, -0.1) is 0 Å². The zero-order valence-corrected chi connectivity index (χ0v) is 20.6. The highest BCUT2D eigenvalue weighted by Gasteiger charge is 2.42. The number of halogens is 1.